The van der Waals surface area contributed by atoms with Crippen LogP contribution in [0.25, 0.3) is 10.7 Å². The minimum atomic E-state index is -0.408. The Morgan fingerprint density at radius 1 is 1.09 bits per heavy atom. The van der Waals surface area contributed by atoms with Crippen LogP contribution in [0, 0.1) is 0 Å². The summed E-state index contributed by atoms with van der Waals surface area (Å²) in [6.45, 7) is 3.68. The molecule has 1 saturated heterocycles. The van der Waals surface area contributed by atoms with Crippen LogP contribution in [0.1, 0.15) is 43.6 Å². The number of hydrogen-bond donors (Lipinski definition) is 0. The van der Waals surface area contributed by atoms with Gasteiger partial charge in [-0.2, -0.15) is 4.98 Å². The number of hydrogen-bond acceptors (Lipinski definition) is 7. The van der Waals surface area contributed by atoms with Gasteiger partial charge in [-0.05, 0) is 42.0 Å². The van der Waals surface area contributed by atoms with Crippen molar-refractivity contribution in [2.75, 3.05) is 33.3 Å². The summed E-state index contributed by atoms with van der Waals surface area (Å²) in [5, 5.41) is 6.11. The number of carbonyl (C=O) groups is 1. The van der Waals surface area contributed by atoms with E-state index in [1.54, 1.807) is 18.4 Å². The second kappa shape index (κ2) is 9.65. The summed E-state index contributed by atoms with van der Waals surface area (Å²) in [4.78, 5) is 23.8. The summed E-state index contributed by atoms with van der Waals surface area (Å²) in [7, 11) is 1.67. The molecule has 7 nitrogen and oxygen atoms in total. The van der Waals surface area contributed by atoms with Crippen LogP contribution in [0.2, 0.25) is 0 Å². The first-order chi connectivity index (χ1) is 16.2. The van der Waals surface area contributed by atoms with Crippen molar-refractivity contribution in [3.05, 3.63) is 53.2 Å². The van der Waals surface area contributed by atoms with Gasteiger partial charge in [-0.1, -0.05) is 42.6 Å². The Hall–Kier alpha value is -2.71. The predicted molar refractivity (Wildman–Crippen MR) is 127 cm³/mol. The number of benzene rings is 1. The quantitative estimate of drug-likeness (QED) is 0.538. The smallest absolute Gasteiger partial charge is 0.241 e. The van der Waals surface area contributed by atoms with E-state index in [0.29, 0.717) is 18.3 Å². The number of thiophene rings is 1. The second-order valence-corrected chi connectivity index (χ2v) is 9.88. The monoisotopic (exact) mass is 466 g/mol. The Morgan fingerprint density at radius 2 is 1.85 bits per heavy atom. The Morgan fingerprint density at radius 3 is 2.52 bits per heavy atom. The average molecular weight is 467 g/mol. The van der Waals surface area contributed by atoms with E-state index >= 15 is 0 Å². The largest absolute Gasteiger partial charge is 0.497 e. The molecule has 0 spiro atoms. The minimum Gasteiger partial charge on any atom is -0.497 e. The first kappa shape index (κ1) is 22.1. The molecule has 1 saturated carbocycles. The van der Waals surface area contributed by atoms with E-state index in [4.69, 9.17) is 9.26 Å². The third-order valence-electron chi connectivity index (χ3n) is 6.99. The van der Waals surface area contributed by atoms with E-state index in [1.165, 1.54) is 6.42 Å². The number of ether oxygens (including phenoxy) is 1. The zero-order valence-corrected chi connectivity index (χ0v) is 19.9. The lowest BCUT2D eigenvalue weighted by Gasteiger charge is -2.43. The third kappa shape index (κ3) is 4.54. The Kier molecular flexibility index (Phi) is 6.46. The minimum absolute atomic E-state index is 0.282. The topological polar surface area (TPSA) is 71.7 Å². The van der Waals surface area contributed by atoms with Gasteiger partial charge >= 0.3 is 0 Å². The lowest BCUT2D eigenvalue weighted by Crippen LogP contribution is -2.55. The number of aromatic nitrogens is 2. The van der Waals surface area contributed by atoms with Crippen LogP contribution < -0.4 is 4.74 Å². The van der Waals surface area contributed by atoms with Gasteiger partial charge in [0.25, 0.3) is 0 Å². The molecule has 5 rings (SSSR count). The number of rotatable bonds is 6. The highest BCUT2D eigenvalue weighted by molar-refractivity contribution is 7.13. The van der Waals surface area contributed by atoms with E-state index in [0.717, 1.165) is 68.1 Å². The summed E-state index contributed by atoms with van der Waals surface area (Å²) >= 11 is 1.60. The molecule has 0 bridgehead atoms. The molecule has 8 heteroatoms. The van der Waals surface area contributed by atoms with Crippen molar-refractivity contribution in [2.24, 2.45) is 0 Å². The van der Waals surface area contributed by atoms with Gasteiger partial charge in [0.05, 0.1) is 23.9 Å². The van der Waals surface area contributed by atoms with Crippen molar-refractivity contribution in [3.63, 3.8) is 0 Å². The maximum Gasteiger partial charge on any atom is 0.241 e. The molecular formula is C25H30N4O3S. The van der Waals surface area contributed by atoms with Crippen molar-refractivity contribution in [1.82, 2.24) is 19.9 Å². The average Bonchev–Trinajstić information content (AvgIpc) is 3.57. The normalized spacial score (nSPS) is 18.9. The molecule has 33 heavy (non-hydrogen) atoms. The molecule has 1 aliphatic heterocycles. The first-order valence-electron chi connectivity index (χ1n) is 11.7. The molecule has 3 heterocycles. The van der Waals surface area contributed by atoms with Gasteiger partial charge in [-0.25, -0.2) is 0 Å². The number of nitrogens with zero attached hydrogens (tertiary/aromatic N) is 4. The third-order valence-corrected chi connectivity index (χ3v) is 7.85. The lowest BCUT2D eigenvalue weighted by molar-refractivity contribution is -0.140. The molecule has 2 aromatic heterocycles. The van der Waals surface area contributed by atoms with Gasteiger partial charge in [0.2, 0.25) is 17.6 Å². The Balaban J connectivity index is 1.24. The molecule has 0 unspecified atom stereocenters. The van der Waals surface area contributed by atoms with Crippen LogP contribution in [0.15, 0.2) is 46.3 Å². The molecular weight excluding hydrogens is 436 g/mol. The molecule has 1 aliphatic carbocycles. The molecule has 174 valence electrons. The fourth-order valence-corrected chi connectivity index (χ4v) is 5.77. The predicted octanol–water partition coefficient (Wildman–Crippen LogP) is 4.35. The van der Waals surface area contributed by atoms with Crippen LogP contribution in [0.4, 0.5) is 0 Å². The maximum atomic E-state index is 13.9. The van der Waals surface area contributed by atoms with Gasteiger partial charge in [-0.15, -0.1) is 11.3 Å². The first-order valence-corrected chi connectivity index (χ1v) is 12.6. The van der Waals surface area contributed by atoms with Gasteiger partial charge in [0.15, 0.2) is 0 Å². The lowest BCUT2D eigenvalue weighted by atomic mass is 9.68. The van der Waals surface area contributed by atoms with E-state index in [9.17, 15) is 4.79 Å². The molecule has 2 fully saturated rings. The molecule has 2 aliphatic rings. The van der Waals surface area contributed by atoms with Crippen LogP contribution in [-0.4, -0.2) is 59.1 Å². The van der Waals surface area contributed by atoms with E-state index in [1.807, 2.05) is 29.6 Å². The van der Waals surface area contributed by atoms with Crippen molar-refractivity contribution in [2.45, 2.75) is 44.1 Å². The molecule has 3 aromatic rings. The van der Waals surface area contributed by atoms with Crippen LogP contribution >= 0.6 is 11.3 Å². The summed E-state index contributed by atoms with van der Waals surface area (Å²) in [6, 6.07) is 12.1. The van der Waals surface area contributed by atoms with Gasteiger partial charge in [-0.3, -0.25) is 9.69 Å². The van der Waals surface area contributed by atoms with Crippen molar-refractivity contribution < 1.29 is 14.1 Å². The van der Waals surface area contributed by atoms with Gasteiger partial charge in [0, 0.05) is 26.2 Å². The summed E-state index contributed by atoms with van der Waals surface area (Å²) < 4.78 is 10.8. The van der Waals surface area contributed by atoms with E-state index < -0.39 is 5.41 Å². The zero-order chi connectivity index (χ0) is 22.7. The fourth-order valence-electron chi connectivity index (χ4n) is 5.12. The number of piperazine rings is 1. The summed E-state index contributed by atoms with van der Waals surface area (Å²) in [5.74, 6) is 2.38. The van der Waals surface area contributed by atoms with Crippen LogP contribution in [0.3, 0.4) is 0 Å². The fraction of sp³-hybridized carbons (Fsp3) is 0.480. The van der Waals surface area contributed by atoms with Crippen LogP contribution in [0.5, 0.6) is 5.75 Å². The van der Waals surface area contributed by atoms with Crippen molar-refractivity contribution in [1.29, 1.82) is 0 Å². The summed E-state index contributed by atoms with van der Waals surface area (Å²) in [6.07, 6.45) is 5.25. The molecule has 0 radical (unpaired) electrons. The van der Waals surface area contributed by atoms with Crippen molar-refractivity contribution in [3.8, 4) is 16.5 Å². The highest BCUT2D eigenvalue weighted by Gasteiger charge is 2.44. The van der Waals surface area contributed by atoms with E-state index in [2.05, 4.69) is 32.1 Å². The van der Waals surface area contributed by atoms with Gasteiger partial charge in [0.1, 0.15) is 5.75 Å². The number of methoxy groups -OCH3 is 1. The SMILES string of the molecule is COc1ccc(C2(C(=O)N3CCN(Cc4nc(-c5cccs5)no4)CC3)CCCCC2)cc1. The number of amides is 1. The molecule has 0 atom stereocenters. The molecule has 0 N–H and O–H groups in total. The standard InChI is InChI=1S/C25H30N4O3S/c1-31-20-9-7-19(8-10-20)25(11-3-2-4-12-25)24(30)29-15-13-28(14-16-29)18-22-26-23(27-32-22)21-6-5-17-33-21/h5-10,17H,2-4,11-16,18H2,1H3. The van der Waals surface area contributed by atoms with Crippen molar-refractivity contribution >= 4 is 17.2 Å². The Labute approximate surface area is 198 Å². The second-order valence-electron chi connectivity index (χ2n) is 8.93. The maximum absolute atomic E-state index is 13.9. The van der Waals surface area contributed by atoms with Gasteiger partial charge < -0.3 is 14.2 Å². The Bertz CT molecular complexity index is 1050. The number of carbonyl (C=O) groups excluding carboxylic acids is 1. The zero-order valence-electron chi connectivity index (χ0n) is 19.0. The van der Waals surface area contributed by atoms with E-state index in [-0.39, 0.29) is 5.91 Å². The summed E-state index contributed by atoms with van der Waals surface area (Å²) in [5.41, 5.74) is 0.719. The molecule has 1 amide bonds. The molecule has 1 aromatic carbocycles. The van der Waals surface area contributed by atoms with Crippen LogP contribution in [-0.2, 0) is 16.8 Å². The highest BCUT2D eigenvalue weighted by atomic mass is 32.1. The highest BCUT2D eigenvalue weighted by Crippen LogP contribution is 2.41.